The van der Waals surface area contributed by atoms with Crippen LogP contribution in [0.25, 0.3) is 0 Å². The van der Waals surface area contributed by atoms with Gasteiger partial charge in [0.2, 0.25) is 0 Å². The van der Waals surface area contributed by atoms with Gasteiger partial charge in [-0.15, -0.1) is 5.10 Å². The lowest BCUT2D eigenvalue weighted by molar-refractivity contribution is 0.671. The monoisotopic (exact) mass is 294 g/mol. The molecule has 0 amide bonds. The number of nitriles is 1. The lowest BCUT2D eigenvalue weighted by atomic mass is 10.1. The van der Waals surface area contributed by atoms with Crippen LogP contribution >= 0.6 is 0 Å². The fraction of sp³-hybridized carbons (Fsp3) is 0.375. The second kappa shape index (κ2) is 5.98. The summed E-state index contributed by atoms with van der Waals surface area (Å²) in [6.45, 7) is 0.882. The number of anilines is 2. The van der Waals surface area contributed by atoms with Crippen LogP contribution in [0.1, 0.15) is 30.1 Å². The van der Waals surface area contributed by atoms with Crippen LogP contribution in [0.3, 0.4) is 0 Å². The molecule has 0 aromatic carbocycles. The lowest BCUT2D eigenvalue weighted by Crippen LogP contribution is -2.25. The van der Waals surface area contributed by atoms with Crippen molar-refractivity contribution in [1.82, 2.24) is 15.2 Å². The Hall–Kier alpha value is -2.68. The van der Waals surface area contributed by atoms with Crippen molar-refractivity contribution in [3.63, 3.8) is 0 Å². The minimum atomic E-state index is 0.130. The van der Waals surface area contributed by atoms with Gasteiger partial charge in [-0.1, -0.05) is 0 Å². The Morgan fingerprint density at radius 2 is 2.14 bits per heavy atom. The molecule has 2 aromatic rings. The minimum absolute atomic E-state index is 0.130. The Balaban J connectivity index is 1.92. The molecule has 1 unspecified atom stereocenters. The smallest absolute Gasteiger partial charge is 0.150 e. The Bertz CT molecular complexity index is 689. The van der Waals surface area contributed by atoms with Crippen molar-refractivity contribution in [2.75, 3.05) is 30.4 Å². The van der Waals surface area contributed by atoms with E-state index in [1.54, 1.807) is 18.3 Å². The van der Waals surface area contributed by atoms with Gasteiger partial charge in [0.15, 0.2) is 5.82 Å². The normalized spacial score (nSPS) is 17.3. The maximum atomic E-state index is 9.28. The molecule has 3 heterocycles. The van der Waals surface area contributed by atoms with Crippen molar-refractivity contribution in [3.05, 3.63) is 41.7 Å². The predicted molar refractivity (Wildman–Crippen MR) is 84.6 cm³/mol. The molecule has 3 rings (SSSR count). The molecule has 22 heavy (non-hydrogen) atoms. The van der Waals surface area contributed by atoms with Crippen LogP contribution in [-0.2, 0) is 0 Å². The van der Waals surface area contributed by atoms with E-state index in [4.69, 9.17) is 0 Å². The van der Waals surface area contributed by atoms with E-state index >= 15 is 0 Å². The summed E-state index contributed by atoms with van der Waals surface area (Å²) in [7, 11) is 3.89. The number of pyridine rings is 1. The lowest BCUT2D eigenvalue weighted by Gasteiger charge is -2.25. The van der Waals surface area contributed by atoms with Crippen molar-refractivity contribution >= 4 is 11.6 Å². The number of rotatable bonds is 3. The van der Waals surface area contributed by atoms with Gasteiger partial charge in [-0.05, 0) is 37.1 Å². The molecule has 0 aliphatic carbocycles. The van der Waals surface area contributed by atoms with Crippen molar-refractivity contribution in [2.24, 2.45) is 0 Å². The third-order valence-corrected chi connectivity index (χ3v) is 3.90. The molecule has 0 radical (unpaired) electrons. The zero-order valence-electron chi connectivity index (χ0n) is 12.8. The molecule has 6 heteroatoms. The maximum Gasteiger partial charge on any atom is 0.150 e. The summed E-state index contributed by atoms with van der Waals surface area (Å²) in [6, 6.07) is 9.94. The van der Waals surface area contributed by atoms with E-state index in [-0.39, 0.29) is 6.04 Å². The van der Waals surface area contributed by atoms with Gasteiger partial charge in [0.25, 0.3) is 0 Å². The van der Waals surface area contributed by atoms with Crippen LogP contribution in [-0.4, -0.2) is 35.8 Å². The first-order valence-electron chi connectivity index (χ1n) is 7.33. The molecule has 1 aliphatic heterocycles. The number of hydrogen-bond acceptors (Lipinski definition) is 6. The molecular formula is C16H18N6. The third kappa shape index (κ3) is 2.58. The second-order valence-electron chi connectivity index (χ2n) is 5.55. The highest BCUT2D eigenvalue weighted by Crippen LogP contribution is 2.35. The average Bonchev–Trinajstić information content (AvgIpc) is 3.04. The van der Waals surface area contributed by atoms with Gasteiger partial charge in [-0.3, -0.25) is 0 Å². The summed E-state index contributed by atoms with van der Waals surface area (Å²) in [5.74, 6) is 1.58. The number of aromatic nitrogens is 3. The van der Waals surface area contributed by atoms with Crippen molar-refractivity contribution in [3.8, 4) is 6.07 Å². The molecule has 2 aromatic heterocycles. The van der Waals surface area contributed by atoms with Crippen LogP contribution in [0.15, 0.2) is 30.5 Å². The first kappa shape index (κ1) is 14.3. The van der Waals surface area contributed by atoms with Crippen LogP contribution in [0.2, 0.25) is 0 Å². The van der Waals surface area contributed by atoms with E-state index in [0.29, 0.717) is 5.56 Å². The van der Waals surface area contributed by atoms with Gasteiger partial charge < -0.3 is 9.80 Å². The molecule has 1 atom stereocenters. The molecule has 112 valence electrons. The molecule has 0 saturated carbocycles. The fourth-order valence-electron chi connectivity index (χ4n) is 2.79. The maximum absolute atomic E-state index is 9.28. The molecular weight excluding hydrogens is 276 g/mol. The Labute approximate surface area is 130 Å². The molecule has 1 aliphatic rings. The Morgan fingerprint density at radius 1 is 1.27 bits per heavy atom. The standard InChI is InChI=1S/C16H18N6/c1-21(2)15-8-7-13(19-20-15)14-6-4-10-22(14)16-12(11-17)5-3-9-18-16/h3,5,7-9,14H,4,6,10H2,1-2H3. The van der Waals surface area contributed by atoms with Gasteiger partial charge in [0.05, 0.1) is 17.3 Å². The van der Waals surface area contributed by atoms with Crippen LogP contribution in [0, 0.1) is 11.3 Å². The predicted octanol–water partition coefficient (Wildman–Crippen LogP) is 2.15. The van der Waals surface area contributed by atoms with Crippen LogP contribution in [0.4, 0.5) is 11.6 Å². The highest BCUT2D eigenvalue weighted by atomic mass is 15.3. The number of hydrogen-bond donors (Lipinski definition) is 0. The van der Waals surface area contributed by atoms with E-state index in [2.05, 4.69) is 26.2 Å². The summed E-state index contributed by atoms with van der Waals surface area (Å²) in [5, 5.41) is 17.9. The van der Waals surface area contributed by atoms with Crippen molar-refractivity contribution in [1.29, 1.82) is 5.26 Å². The highest BCUT2D eigenvalue weighted by Gasteiger charge is 2.30. The summed E-state index contributed by atoms with van der Waals surface area (Å²) >= 11 is 0. The van der Waals surface area contributed by atoms with Gasteiger partial charge in [0.1, 0.15) is 11.9 Å². The molecule has 0 N–H and O–H groups in total. The SMILES string of the molecule is CN(C)c1ccc(C2CCCN2c2ncccc2C#N)nn1. The summed E-state index contributed by atoms with van der Waals surface area (Å²) in [4.78, 5) is 8.49. The first-order chi connectivity index (χ1) is 10.7. The van der Waals surface area contributed by atoms with Gasteiger partial charge in [0, 0.05) is 26.8 Å². The zero-order valence-corrected chi connectivity index (χ0v) is 12.8. The molecule has 0 bridgehead atoms. The van der Waals surface area contributed by atoms with Gasteiger partial charge in [-0.2, -0.15) is 10.4 Å². The van der Waals surface area contributed by atoms with Crippen molar-refractivity contribution in [2.45, 2.75) is 18.9 Å². The van der Waals surface area contributed by atoms with E-state index in [0.717, 1.165) is 36.7 Å². The zero-order chi connectivity index (χ0) is 15.5. The molecule has 1 saturated heterocycles. The van der Waals surface area contributed by atoms with Crippen LogP contribution in [0.5, 0.6) is 0 Å². The minimum Gasteiger partial charge on any atom is -0.361 e. The average molecular weight is 294 g/mol. The molecule has 6 nitrogen and oxygen atoms in total. The number of nitrogens with zero attached hydrogens (tertiary/aromatic N) is 6. The van der Waals surface area contributed by atoms with Crippen molar-refractivity contribution < 1.29 is 0 Å². The third-order valence-electron chi connectivity index (χ3n) is 3.90. The topological polar surface area (TPSA) is 68.9 Å². The second-order valence-corrected chi connectivity index (χ2v) is 5.55. The fourth-order valence-corrected chi connectivity index (χ4v) is 2.79. The summed E-state index contributed by atoms with van der Waals surface area (Å²) in [5.41, 5.74) is 1.53. The molecule has 1 fully saturated rings. The summed E-state index contributed by atoms with van der Waals surface area (Å²) in [6.07, 6.45) is 3.78. The summed E-state index contributed by atoms with van der Waals surface area (Å²) < 4.78 is 0. The van der Waals surface area contributed by atoms with E-state index < -0.39 is 0 Å². The van der Waals surface area contributed by atoms with Gasteiger partial charge >= 0.3 is 0 Å². The highest BCUT2D eigenvalue weighted by molar-refractivity contribution is 5.55. The quantitative estimate of drug-likeness (QED) is 0.864. The van der Waals surface area contributed by atoms with Crippen LogP contribution < -0.4 is 9.80 Å². The van der Waals surface area contributed by atoms with Gasteiger partial charge in [-0.25, -0.2) is 4.98 Å². The van der Waals surface area contributed by atoms with E-state index in [9.17, 15) is 5.26 Å². The Morgan fingerprint density at radius 3 is 2.82 bits per heavy atom. The van der Waals surface area contributed by atoms with E-state index in [1.807, 2.05) is 31.1 Å². The first-order valence-corrected chi connectivity index (χ1v) is 7.33. The van der Waals surface area contributed by atoms with E-state index in [1.165, 1.54) is 0 Å². The largest absolute Gasteiger partial charge is 0.361 e. The molecule has 0 spiro atoms. The Kier molecular flexibility index (Phi) is 3.88.